The zero-order valence-corrected chi connectivity index (χ0v) is 23.4. The average Bonchev–Trinajstić information content (AvgIpc) is 2.58. The van der Waals surface area contributed by atoms with E-state index in [4.69, 9.17) is 14.2 Å². The number of rotatable bonds is 7. The number of halogens is 1. The molecule has 2 aromatic carbocycles. The van der Waals surface area contributed by atoms with Crippen molar-refractivity contribution in [3.05, 3.63) is 47.3 Å². The van der Waals surface area contributed by atoms with Crippen LogP contribution < -0.4 is 131 Å². The molecule has 0 aliphatic rings. The molecule has 0 N–H and O–H groups in total. The molecule has 0 bridgehead atoms. The molecule has 7 nitrogen and oxygen atoms in total. The van der Waals surface area contributed by atoms with Crippen molar-refractivity contribution in [2.24, 2.45) is 0 Å². The van der Waals surface area contributed by atoms with Crippen molar-refractivity contribution >= 4 is 20.0 Å². The normalized spacial score (nSPS) is 10.6. The average molecular weight is 460 g/mol. The third-order valence-corrected chi connectivity index (χ3v) is 3.74. The summed E-state index contributed by atoms with van der Waals surface area (Å²) in [5.74, 6) is -0.521. The third kappa shape index (κ3) is 8.46. The molecular weight excluding hydrogens is 444 g/mol. The SMILES string of the molecule is COc1ccc(/C=C\c2cc(F)c(OC)c(OC)c2)cc1OP(=O)([O-])[O-].[K+].[K+]. The van der Waals surface area contributed by atoms with Gasteiger partial charge < -0.3 is 33.1 Å². The largest absolute Gasteiger partial charge is 1.00 e. The molecule has 0 radical (unpaired) electrons. The van der Waals surface area contributed by atoms with Crippen molar-refractivity contribution in [3.63, 3.8) is 0 Å². The van der Waals surface area contributed by atoms with Crippen LogP contribution in [0.2, 0.25) is 0 Å². The predicted octanol–water partition coefficient (Wildman–Crippen LogP) is -3.76. The summed E-state index contributed by atoms with van der Waals surface area (Å²) < 4.78 is 44.2. The van der Waals surface area contributed by atoms with E-state index in [9.17, 15) is 18.7 Å². The summed E-state index contributed by atoms with van der Waals surface area (Å²) in [4.78, 5) is 21.7. The molecule has 140 valence electrons. The zero-order chi connectivity index (χ0) is 19.3. The van der Waals surface area contributed by atoms with Gasteiger partial charge in [0.2, 0.25) is 0 Å². The summed E-state index contributed by atoms with van der Waals surface area (Å²) in [7, 11) is -1.20. The van der Waals surface area contributed by atoms with E-state index in [1.165, 1.54) is 39.5 Å². The Morgan fingerprint density at radius 3 is 1.96 bits per heavy atom. The van der Waals surface area contributed by atoms with Gasteiger partial charge >= 0.3 is 103 Å². The Kier molecular flexibility index (Phi) is 13.6. The predicted molar refractivity (Wildman–Crippen MR) is 89.7 cm³/mol. The van der Waals surface area contributed by atoms with Crippen LogP contribution in [-0.2, 0) is 4.57 Å². The van der Waals surface area contributed by atoms with E-state index < -0.39 is 13.6 Å². The van der Waals surface area contributed by atoms with Crippen LogP contribution in [0.5, 0.6) is 23.0 Å². The molecule has 11 heteroatoms. The Labute approximate surface area is 247 Å². The molecule has 0 spiro atoms. The molecule has 0 saturated carbocycles. The van der Waals surface area contributed by atoms with Crippen molar-refractivity contribution in [1.82, 2.24) is 0 Å². The minimum Gasteiger partial charge on any atom is -0.780 e. The number of phosphoric acid groups is 1. The Hall–Kier alpha value is 0.733. The minimum absolute atomic E-state index is 0. The van der Waals surface area contributed by atoms with Crippen molar-refractivity contribution < 1.29 is 140 Å². The van der Waals surface area contributed by atoms with Gasteiger partial charge in [0.15, 0.2) is 28.8 Å². The van der Waals surface area contributed by atoms with E-state index in [2.05, 4.69) is 4.52 Å². The number of hydrogen-bond donors (Lipinski definition) is 0. The Balaban J connectivity index is 0.00000364. The van der Waals surface area contributed by atoms with Crippen molar-refractivity contribution in [3.8, 4) is 23.0 Å². The van der Waals surface area contributed by atoms with Crippen molar-refractivity contribution in [2.75, 3.05) is 21.3 Å². The van der Waals surface area contributed by atoms with Gasteiger partial charge in [-0.25, -0.2) is 4.39 Å². The number of ether oxygens (including phenoxy) is 3. The number of hydrogen-bond acceptors (Lipinski definition) is 7. The number of benzene rings is 2. The fourth-order valence-corrected chi connectivity index (χ4v) is 2.60. The summed E-state index contributed by atoms with van der Waals surface area (Å²) in [5.41, 5.74) is 0.987. The van der Waals surface area contributed by atoms with Crippen LogP contribution in [-0.4, -0.2) is 21.3 Å². The first kappa shape index (κ1) is 28.7. The van der Waals surface area contributed by atoms with E-state index in [0.717, 1.165) is 0 Å². The van der Waals surface area contributed by atoms with Gasteiger partial charge in [0.1, 0.15) is 7.82 Å². The minimum atomic E-state index is -5.24. The molecular formula is C17H16FK2O7P. The third-order valence-electron chi connectivity index (χ3n) is 3.32. The van der Waals surface area contributed by atoms with Gasteiger partial charge in [-0.05, 0) is 35.4 Å². The fraction of sp³-hybridized carbons (Fsp3) is 0.176. The second kappa shape index (κ2) is 13.2. The van der Waals surface area contributed by atoms with Crippen molar-refractivity contribution in [2.45, 2.75) is 0 Å². The van der Waals surface area contributed by atoms with E-state index in [1.54, 1.807) is 24.3 Å². The summed E-state index contributed by atoms with van der Waals surface area (Å²) >= 11 is 0. The van der Waals surface area contributed by atoms with Gasteiger partial charge in [0.25, 0.3) is 0 Å². The molecule has 0 atom stereocenters. The number of methoxy groups -OCH3 is 3. The number of phosphoric ester groups is 1. The first-order chi connectivity index (χ1) is 12.3. The Morgan fingerprint density at radius 2 is 1.43 bits per heavy atom. The van der Waals surface area contributed by atoms with Crippen LogP contribution >= 0.6 is 7.82 Å². The van der Waals surface area contributed by atoms with Crippen LogP contribution in [0.3, 0.4) is 0 Å². The second-order valence-corrected chi connectivity index (χ2v) is 6.10. The van der Waals surface area contributed by atoms with Crippen LogP contribution in [0.4, 0.5) is 4.39 Å². The maximum atomic E-state index is 14.0. The molecule has 2 aromatic rings. The Morgan fingerprint density at radius 1 is 0.857 bits per heavy atom. The van der Waals surface area contributed by atoms with Crippen molar-refractivity contribution in [1.29, 1.82) is 0 Å². The van der Waals surface area contributed by atoms with E-state index in [0.29, 0.717) is 11.1 Å². The van der Waals surface area contributed by atoms with Gasteiger partial charge in [0, 0.05) is 0 Å². The Bertz CT molecular complexity index is 871. The molecule has 0 amide bonds. The first-order valence-electron chi connectivity index (χ1n) is 7.26. The van der Waals surface area contributed by atoms with E-state index >= 15 is 0 Å². The molecule has 0 aliphatic heterocycles. The van der Waals surface area contributed by atoms with Crippen LogP contribution in [0.25, 0.3) is 12.2 Å². The molecule has 0 fully saturated rings. The molecule has 2 rings (SSSR count). The zero-order valence-electron chi connectivity index (χ0n) is 16.2. The molecule has 0 aromatic heterocycles. The summed E-state index contributed by atoms with van der Waals surface area (Å²) in [5, 5.41) is 0. The maximum absolute atomic E-state index is 14.0. The first-order valence-corrected chi connectivity index (χ1v) is 8.72. The molecule has 0 saturated heterocycles. The molecule has 0 heterocycles. The van der Waals surface area contributed by atoms with E-state index in [-0.39, 0.29) is 126 Å². The van der Waals surface area contributed by atoms with Gasteiger partial charge in [0.05, 0.1) is 21.3 Å². The second-order valence-electron chi connectivity index (χ2n) is 5.02. The van der Waals surface area contributed by atoms with E-state index in [1.807, 2.05) is 0 Å². The van der Waals surface area contributed by atoms with Gasteiger partial charge in [-0.15, -0.1) is 0 Å². The summed E-state index contributed by atoms with van der Waals surface area (Å²) in [6.07, 6.45) is 3.15. The molecule has 0 unspecified atom stereocenters. The van der Waals surface area contributed by atoms with Gasteiger partial charge in [-0.2, -0.15) is 0 Å². The monoisotopic (exact) mass is 460 g/mol. The summed E-state index contributed by atoms with van der Waals surface area (Å²) in [6.45, 7) is 0. The van der Waals surface area contributed by atoms with Crippen LogP contribution in [0.1, 0.15) is 11.1 Å². The van der Waals surface area contributed by atoms with Crippen LogP contribution in [0.15, 0.2) is 30.3 Å². The fourth-order valence-electron chi connectivity index (χ4n) is 2.22. The summed E-state index contributed by atoms with van der Waals surface area (Å²) in [6, 6.07) is 7.19. The van der Waals surface area contributed by atoms with Gasteiger partial charge in [-0.3, -0.25) is 0 Å². The molecule has 0 aliphatic carbocycles. The molecule has 28 heavy (non-hydrogen) atoms. The smallest absolute Gasteiger partial charge is 0.780 e. The quantitative estimate of drug-likeness (QED) is 0.238. The topological polar surface area (TPSA) is 100 Å². The van der Waals surface area contributed by atoms with Crippen LogP contribution in [0, 0.1) is 5.82 Å². The maximum Gasteiger partial charge on any atom is 1.00 e. The van der Waals surface area contributed by atoms with Gasteiger partial charge in [-0.1, -0.05) is 18.2 Å². The standard InChI is InChI=1S/C17H18FO7P.2K/c1-22-14-7-6-11(9-15(14)25-26(19,20)21)4-5-12-8-13(18)17(24-3)16(10-12)23-2;;/h4-10H,1-3H3,(H2,19,20,21);;/q;2*+1/p-2/b5-4-;;.